The Kier molecular flexibility index (Phi) is 3.19. The second-order valence-electron chi connectivity index (χ2n) is 3.64. The van der Waals surface area contributed by atoms with Crippen LogP contribution in [-0.4, -0.2) is 25.3 Å². The van der Waals surface area contributed by atoms with Gasteiger partial charge in [0.2, 0.25) is 0 Å². The first-order chi connectivity index (χ1) is 8.13. The van der Waals surface area contributed by atoms with E-state index in [-0.39, 0.29) is 5.56 Å². The smallest absolute Gasteiger partial charge is 0.261 e. The summed E-state index contributed by atoms with van der Waals surface area (Å²) in [6, 6.07) is 4.85. The molecular weight excluding hydrogens is 228 g/mol. The van der Waals surface area contributed by atoms with Gasteiger partial charge in [-0.1, -0.05) is 0 Å². The summed E-state index contributed by atoms with van der Waals surface area (Å²) in [5.41, 5.74) is 0.873. The van der Waals surface area contributed by atoms with Crippen LogP contribution in [0.4, 0.5) is 8.78 Å². The summed E-state index contributed by atoms with van der Waals surface area (Å²) < 4.78 is 30.3. The highest BCUT2D eigenvalue weighted by molar-refractivity contribution is 6.02. The van der Waals surface area contributed by atoms with Crippen LogP contribution in [0.15, 0.2) is 34.9 Å². The summed E-state index contributed by atoms with van der Waals surface area (Å²) in [5.74, 6) is -0.620. The van der Waals surface area contributed by atoms with E-state index in [1.807, 2.05) is 0 Å². The van der Waals surface area contributed by atoms with Gasteiger partial charge in [-0.2, -0.15) is 0 Å². The Morgan fingerprint density at radius 2 is 2.12 bits per heavy atom. The quantitative estimate of drug-likeness (QED) is 0.833. The zero-order valence-electron chi connectivity index (χ0n) is 9.11. The predicted molar refractivity (Wildman–Crippen MR) is 59.4 cm³/mol. The molecule has 0 aliphatic rings. The molecule has 0 saturated carbocycles. The third kappa shape index (κ3) is 2.19. The average Bonchev–Trinajstić information content (AvgIpc) is 2.75. The van der Waals surface area contributed by atoms with E-state index in [0.717, 1.165) is 5.39 Å². The van der Waals surface area contributed by atoms with Crippen LogP contribution in [0.1, 0.15) is 10.4 Å². The van der Waals surface area contributed by atoms with Crippen LogP contribution >= 0.6 is 0 Å². The van der Waals surface area contributed by atoms with Crippen LogP contribution in [0.2, 0.25) is 0 Å². The molecule has 0 radical (unpaired) electrons. The first kappa shape index (κ1) is 11.7. The molecule has 90 valence electrons. The van der Waals surface area contributed by atoms with E-state index >= 15 is 0 Å². The summed E-state index contributed by atoms with van der Waals surface area (Å²) in [6.07, 6.45) is -1.24. The molecule has 1 heterocycles. The largest absolute Gasteiger partial charge is 0.464 e. The number of Topliss-reactive ketones (excluding diaryl/α,β-unsaturated/α-hetero) is 1. The second kappa shape index (κ2) is 4.63. The van der Waals surface area contributed by atoms with E-state index in [1.54, 1.807) is 18.2 Å². The van der Waals surface area contributed by atoms with E-state index in [2.05, 4.69) is 5.32 Å². The number of likely N-dealkylation sites (N-methyl/N-ethyl adjacent to an activating group) is 1. The molecule has 1 aromatic heterocycles. The number of hydrogen-bond acceptors (Lipinski definition) is 3. The molecule has 1 N–H and O–H groups in total. The minimum Gasteiger partial charge on any atom is -0.464 e. The van der Waals surface area contributed by atoms with Gasteiger partial charge < -0.3 is 9.73 Å². The number of alkyl halides is 2. The maximum Gasteiger partial charge on any atom is 0.261 e. The van der Waals surface area contributed by atoms with Gasteiger partial charge >= 0.3 is 0 Å². The van der Waals surface area contributed by atoms with Crippen LogP contribution in [-0.2, 0) is 0 Å². The lowest BCUT2D eigenvalue weighted by Crippen LogP contribution is -2.40. The summed E-state index contributed by atoms with van der Waals surface area (Å²) >= 11 is 0. The number of hydrogen-bond donors (Lipinski definition) is 1. The van der Waals surface area contributed by atoms with Crippen molar-refractivity contribution in [3.8, 4) is 0 Å². The van der Waals surface area contributed by atoms with E-state index in [1.165, 1.54) is 19.4 Å². The topological polar surface area (TPSA) is 42.2 Å². The molecule has 0 aliphatic carbocycles. The fraction of sp³-hybridized carbons (Fsp3) is 0.250. The number of carbonyl (C=O) groups is 1. The Balaban J connectivity index is 2.35. The normalized spacial score (nSPS) is 13.2. The molecule has 0 fully saturated rings. The van der Waals surface area contributed by atoms with E-state index in [4.69, 9.17) is 4.42 Å². The molecule has 2 aromatic rings. The molecule has 1 aromatic carbocycles. The van der Waals surface area contributed by atoms with Crippen molar-refractivity contribution in [2.75, 3.05) is 7.05 Å². The number of ketones is 1. The van der Waals surface area contributed by atoms with Gasteiger partial charge in [-0.25, -0.2) is 8.78 Å². The number of carbonyl (C=O) groups excluding carboxylic acids is 1. The van der Waals surface area contributed by atoms with Crippen molar-refractivity contribution in [1.29, 1.82) is 0 Å². The number of benzene rings is 1. The van der Waals surface area contributed by atoms with Crippen molar-refractivity contribution in [2.24, 2.45) is 0 Å². The van der Waals surface area contributed by atoms with Gasteiger partial charge in [-0.15, -0.1) is 0 Å². The van der Waals surface area contributed by atoms with Gasteiger partial charge in [0, 0.05) is 10.9 Å². The van der Waals surface area contributed by atoms with Crippen molar-refractivity contribution in [3.05, 3.63) is 36.1 Å². The number of fused-ring (bicyclic) bond motifs is 1. The molecule has 0 amide bonds. The van der Waals surface area contributed by atoms with Gasteiger partial charge in [0.15, 0.2) is 5.78 Å². The highest BCUT2D eigenvalue weighted by Gasteiger charge is 2.27. The predicted octanol–water partition coefficient (Wildman–Crippen LogP) is 2.47. The maximum absolute atomic E-state index is 12.6. The first-order valence-corrected chi connectivity index (χ1v) is 5.10. The highest BCUT2D eigenvalue weighted by atomic mass is 19.3. The van der Waals surface area contributed by atoms with Crippen LogP contribution in [0.3, 0.4) is 0 Å². The van der Waals surface area contributed by atoms with Crippen molar-refractivity contribution in [3.63, 3.8) is 0 Å². The number of nitrogens with one attached hydrogen (secondary N) is 1. The monoisotopic (exact) mass is 239 g/mol. The van der Waals surface area contributed by atoms with Gasteiger partial charge in [0.05, 0.1) is 6.26 Å². The summed E-state index contributed by atoms with van der Waals surface area (Å²) in [7, 11) is 1.34. The van der Waals surface area contributed by atoms with Crippen molar-refractivity contribution in [2.45, 2.75) is 12.5 Å². The Morgan fingerprint density at radius 3 is 2.76 bits per heavy atom. The fourth-order valence-corrected chi connectivity index (χ4v) is 1.67. The zero-order valence-corrected chi connectivity index (χ0v) is 9.11. The first-order valence-electron chi connectivity index (χ1n) is 5.10. The average molecular weight is 239 g/mol. The second-order valence-corrected chi connectivity index (χ2v) is 3.64. The number of halogens is 2. The summed E-state index contributed by atoms with van der Waals surface area (Å²) in [5, 5.41) is 3.04. The van der Waals surface area contributed by atoms with Gasteiger partial charge in [-0.3, -0.25) is 4.79 Å². The van der Waals surface area contributed by atoms with Crippen LogP contribution < -0.4 is 5.32 Å². The zero-order chi connectivity index (χ0) is 12.4. The van der Waals surface area contributed by atoms with Crippen LogP contribution in [0.25, 0.3) is 11.0 Å². The molecule has 3 nitrogen and oxygen atoms in total. The molecule has 0 bridgehead atoms. The molecule has 17 heavy (non-hydrogen) atoms. The summed E-state index contributed by atoms with van der Waals surface area (Å²) in [4.78, 5) is 11.8. The minimum atomic E-state index is -2.73. The Labute approximate surface area is 96.4 Å². The number of rotatable bonds is 4. The fourth-order valence-electron chi connectivity index (χ4n) is 1.67. The lowest BCUT2D eigenvalue weighted by Gasteiger charge is -2.13. The van der Waals surface area contributed by atoms with Crippen LogP contribution in [0.5, 0.6) is 0 Å². The van der Waals surface area contributed by atoms with Crippen molar-refractivity contribution >= 4 is 16.8 Å². The molecule has 2 rings (SSSR count). The lowest BCUT2D eigenvalue weighted by molar-refractivity contribution is 0.0688. The Bertz CT molecular complexity index is 536. The molecule has 0 spiro atoms. The van der Waals surface area contributed by atoms with E-state index in [0.29, 0.717) is 5.58 Å². The molecular formula is C12H11F2NO2. The molecule has 1 atom stereocenters. The minimum absolute atomic E-state index is 0.249. The SMILES string of the molecule is CNC(C(=O)c1ccc2occc2c1)C(F)F. The van der Waals surface area contributed by atoms with Gasteiger partial charge in [0.1, 0.15) is 11.6 Å². The van der Waals surface area contributed by atoms with Crippen LogP contribution in [0, 0.1) is 0 Å². The van der Waals surface area contributed by atoms with Crippen molar-refractivity contribution < 1.29 is 18.0 Å². The van der Waals surface area contributed by atoms with Crippen molar-refractivity contribution in [1.82, 2.24) is 5.32 Å². The third-order valence-corrected chi connectivity index (χ3v) is 2.58. The lowest BCUT2D eigenvalue weighted by atomic mass is 10.0. The van der Waals surface area contributed by atoms with Gasteiger partial charge in [-0.05, 0) is 31.3 Å². The third-order valence-electron chi connectivity index (χ3n) is 2.58. The Morgan fingerprint density at radius 1 is 1.35 bits per heavy atom. The molecule has 5 heteroatoms. The molecule has 1 unspecified atom stereocenters. The standard InChI is InChI=1S/C12H11F2NO2/c1-15-10(12(13)14)11(16)8-2-3-9-7(6-8)4-5-17-9/h2-6,10,12,15H,1H3. The van der Waals surface area contributed by atoms with E-state index in [9.17, 15) is 13.6 Å². The van der Waals surface area contributed by atoms with Gasteiger partial charge in [0.25, 0.3) is 6.43 Å². The molecule has 0 saturated heterocycles. The maximum atomic E-state index is 12.6. The number of furan rings is 1. The highest BCUT2D eigenvalue weighted by Crippen LogP contribution is 2.19. The molecule has 0 aliphatic heterocycles. The van der Waals surface area contributed by atoms with E-state index < -0.39 is 18.3 Å². The summed E-state index contributed by atoms with van der Waals surface area (Å²) in [6.45, 7) is 0. The Hall–Kier alpha value is -1.75.